The SMILES string of the molecule is COc1cc2c(cc1OC)[C@H](CCCl)OCC2. The molecule has 1 aliphatic rings. The molecule has 0 amide bonds. The van der Waals surface area contributed by atoms with E-state index in [2.05, 4.69) is 0 Å². The van der Waals surface area contributed by atoms with E-state index in [-0.39, 0.29) is 6.10 Å². The number of alkyl halides is 1. The first-order valence-electron chi connectivity index (χ1n) is 5.72. The van der Waals surface area contributed by atoms with E-state index in [9.17, 15) is 0 Å². The zero-order chi connectivity index (χ0) is 12.3. The third kappa shape index (κ3) is 2.50. The van der Waals surface area contributed by atoms with Crippen LogP contribution < -0.4 is 9.47 Å². The first-order valence-corrected chi connectivity index (χ1v) is 6.26. The predicted octanol–water partition coefficient (Wildman–Crippen LogP) is 2.95. The van der Waals surface area contributed by atoms with Crippen molar-refractivity contribution < 1.29 is 14.2 Å². The number of methoxy groups -OCH3 is 2. The van der Waals surface area contributed by atoms with Crippen molar-refractivity contribution in [1.29, 1.82) is 0 Å². The van der Waals surface area contributed by atoms with Gasteiger partial charge < -0.3 is 14.2 Å². The van der Waals surface area contributed by atoms with E-state index in [0.717, 1.165) is 30.9 Å². The zero-order valence-corrected chi connectivity index (χ0v) is 10.9. The molecule has 0 fully saturated rings. The van der Waals surface area contributed by atoms with Crippen molar-refractivity contribution in [3.8, 4) is 11.5 Å². The highest BCUT2D eigenvalue weighted by Gasteiger charge is 2.23. The van der Waals surface area contributed by atoms with Gasteiger partial charge in [0, 0.05) is 5.88 Å². The van der Waals surface area contributed by atoms with Crippen LogP contribution in [0.4, 0.5) is 0 Å². The molecule has 1 aromatic carbocycles. The summed E-state index contributed by atoms with van der Waals surface area (Å²) in [5.41, 5.74) is 2.44. The second-order valence-corrected chi connectivity index (χ2v) is 4.37. The van der Waals surface area contributed by atoms with Crippen molar-refractivity contribution in [3.05, 3.63) is 23.3 Å². The van der Waals surface area contributed by atoms with E-state index in [4.69, 9.17) is 25.8 Å². The normalized spacial score (nSPS) is 18.6. The summed E-state index contributed by atoms with van der Waals surface area (Å²) in [5.74, 6) is 2.12. The molecule has 94 valence electrons. The van der Waals surface area contributed by atoms with Crippen LogP contribution in [0.25, 0.3) is 0 Å². The first kappa shape index (κ1) is 12.5. The summed E-state index contributed by atoms with van der Waals surface area (Å²) in [6, 6.07) is 4.04. The molecule has 3 nitrogen and oxygen atoms in total. The first-order chi connectivity index (χ1) is 8.30. The molecule has 0 aliphatic carbocycles. The Labute approximate surface area is 107 Å². The lowest BCUT2D eigenvalue weighted by Crippen LogP contribution is -2.17. The Kier molecular flexibility index (Phi) is 4.13. The van der Waals surface area contributed by atoms with Gasteiger partial charge >= 0.3 is 0 Å². The molecule has 0 saturated carbocycles. The number of hydrogen-bond donors (Lipinski definition) is 0. The number of rotatable bonds is 4. The van der Waals surface area contributed by atoms with Gasteiger partial charge in [-0.1, -0.05) is 0 Å². The van der Waals surface area contributed by atoms with E-state index >= 15 is 0 Å². The topological polar surface area (TPSA) is 27.7 Å². The maximum Gasteiger partial charge on any atom is 0.161 e. The molecule has 1 aliphatic heterocycles. The van der Waals surface area contributed by atoms with Crippen LogP contribution in [-0.4, -0.2) is 26.7 Å². The Morgan fingerprint density at radius 2 is 2.00 bits per heavy atom. The fraction of sp³-hybridized carbons (Fsp3) is 0.538. The van der Waals surface area contributed by atoms with Crippen LogP contribution in [0.5, 0.6) is 11.5 Å². The van der Waals surface area contributed by atoms with Gasteiger partial charge in [-0.05, 0) is 36.1 Å². The highest BCUT2D eigenvalue weighted by molar-refractivity contribution is 6.17. The van der Waals surface area contributed by atoms with Crippen molar-refractivity contribution in [1.82, 2.24) is 0 Å². The lowest BCUT2D eigenvalue weighted by molar-refractivity contribution is 0.0402. The molecule has 2 rings (SSSR count). The maximum atomic E-state index is 5.80. The Bertz CT molecular complexity index is 392. The van der Waals surface area contributed by atoms with Gasteiger partial charge in [0.2, 0.25) is 0 Å². The van der Waals surface area contributed by atoms with E-state index < -0.39 is 0 Å². The molecular weight excluding hydrogens is 240 g/mol. The average Bonchev–Trinajstić information content (AvgIpc) is 2.38. The molecule has 4 heteroatoms. The fourth-order valence-electron chi connectivity index (χ4n) is 2.19. The maximum absolute atomic E-state index is 5.80. The van der Waals surface area contributed by atoms with Crippen molar-refractivity contribution in [2.45, 2.75) is 18.9 Å². The van der Waals surface area contributed by atoms with Crippen molar-refractivity contribution in [2.24, 2.45) is 0 Å². The molecule has 1 heterocycles. The van der Waals surface area contributed by atoms with Crippen LogP contribution in [0.1, 0.15) is 23.7 Å². The summed E-state index contributed by atoms with van der Waals surface area (Å²) in [6.07, 6.45) is 1.81. The predicted molar refractivity (Wildman–Crippen MR) is 67.3 cm³/mol. The van der Waals surface area contributed by atoms with Crippen LogP contribution in [0.3, 0.4) is 0 Å². The third-order valence-corrected chi connectivity index (χ3v) is 3.27. The number of benzene rings is 1. The van der Waals surface area contributed by atoms with Crippen LogP contribution in [0, 0.1) is 0 Å². The minimum absolute atomic E-state index is 0.0797. The Balaban J connectivity index is 2.39. The van der Waals surface area contributed by atoms with Crippen LogP contribution in [-0.2, 0) is 11.2 Å². The number of halogens is 1. The fourth-order valence-corrected chi connectivity index (χ4v) is 2.39. The smallest absolute Gasteiger partial charge is 0.161 e. The van der Waals surface area contributed by atoms with E-state index in [1.54, 1.807) is 14.2 Å². The highest BCUT2D eigenvalue weighted by Crippen LogP contribution is 2.38. The van der Waals surface area contributed by atoms with Gasteiger partial charge in [-0.2, -0.15) is 0 Å². The van der Waals surface area contributed by atoms with Gasteiger partial charge in [0.05, 0.1) is 26.9 Å². The number of ether oxygens (including phenoxy) is 3. The number of hydrogen-bond acceptors (Lipinski definition) is 3. The molecule has 0 aromatic heterocycles. The Hall–Kier alpha value is -0.930. The lowest BCUT2D eigenvalue weighted by atomic mass is 9.95. The van der Waals surface area contributed by atoms with E-state index in [0.29, 0.717) is 5.88 Å². The molecular formula is C13H17ClO3. The quantitative estimate of drug-likeness (QED) is 0.776. The largest absolute Gasteiger partial charge is 0.493 e. The second kappa shape index (κ2) is 5.61. The van der Waals surface area contributed by atoms with Crippen molar-refractivity contribution in [2.75, 3.05) is 26.7 Å². The minimum Gasteiger partial charge on any atom is -0.493 e. The van der Waals surface area contributed by atoms with E-state index in [1.165, 1.54) is 11.1 Å². The van der Waals surface area contributed by atoms with Crippen LogP contribution in [0.15, 0.2) is 12.1 Å². The Morgan fingerprint density at radius 3 is 2.65 bits per heavy atom. The third-order valence-electron chi connectivity index (χ3n) is 3.05. The summed E-state index contributed by atoms with van der Waals surface area (Å²) in [4.78, 5) is 0. The summed E-state index contributed by atoms with van der Waals surface area (Å²) in [7, 11) is 3.30. The minimum atomic E-state index is 0.0797. The van der Waals surface area contributed by atoms with Crippen molar-refractivity contribution >= 4 is 11.6 Å². The molecule has 1 atom stereocenters. The number of fused-ring (bicyclic) bond motifs is 1. The van der Waals surface area contributed by atoms with Crippen molar-refractivity contribution in [3.63, 3.8) is 0 Å². The summed E-state index contributed by atoms with van der Waals surface area (Å²) in [5, 5.41) is 0. The lowest BCUT2D eigenvalue weighted by Gasteiger charge is -2.26. The molecule has 0 spiro atoms. The van der Waals surface area contributed by atoms with Gasteiger partial charge in [0.15, 0.2) is 11.5 Å². The van der Waals surface area contributed by atoms with Gasteiger partial charge in [-0.15, -0.1) is 11.6 Å². The second-order valence-electron chi connectivity index (χ2n) is 3.99. The summed E-state index contributed by atoms with van der Waals surface area (Å²) >= 11 is 5.80. The highest BCUT2D eigenvalue weighted by atomic mass is 35.5. The van der Waals surface area contributed by atoms with Gasteiger partial charge in [-0.3, -0.25) is 0 Å². The molecule has 0 radical (unpaired) electrons. The van der Waals surface area contributed by atoms with Crippen LogP contribution in [0.2, 0.25) is 0 Å². The standard InChI is InChI=1S/C13H17ClO3/c1-15-12-7-9-4-6-17-11(3-5-14)10(9)8-13(12)16-2/h7-8,11H,3-6H2,1-2H3/t11-/m0/s1. The summed E-state index contributed by atoms with van der Waals surface area (Å²) in [6.45, 7) is 0.740. The Morgan fingerprint density at radius 1 is 1.29 bits per heavy atom. The average molecular weight is 257 g/mol. The molecule has 0 bridgehead atoms. The molecule has 0 N–H and O–H groups in total. The van der Waals surface area contributed by atoms with Gasteiger partial charge in [-0.25, -0.2) is 0 Å². The van der Waals surface area contributed by atoms with E-state index in [1.807, 2.05) is 12.1 Å². The molecule has 17 heavy (non-hydrogen) atoms. The molecule has 0 saturated heterocycles. The zero-order valence-electron chi connectivity index (χ0n) is 10.2. The molecule has 1 aromatic rings. The van der Waals surface area contributed by atoms with Gasteiger partial charge in [0.1, 0.15) is 0 Å². The van der Waals surface area contributed by atoms with Gasteiger partial charge in [0.25, 0.3) is 0 Å². The molecule has 0 unspecified atom stereocenters. The monoisotopic (exact) mass is 256 g/mol. The van der Waals surface area contributed by atoms with Crippen LogP contribution >= 0.6 is 11.6 Å². The summed E-state index contributed by atoms with van der Waals surface area (Å²) < 4.78 is 16.4.